The molecule has 1 aromatic heterocycles. The molecule has 0 unspecified atom stereocenters. The molecule has 152 valence electrons. The van der Waals surface area contributed by atoms with E-state index in [9.17, 15) is 9.59 Å². The lowest BCUT2D eigenvalue weighted by Crippen LogP contribution is -2.45. The van der Waals surface area contributed by atoms with Gasteiger partial charge in [-0.25, -0.2) is 0 Å². The predicted octanol–water partition coefficient (Wildman–Crippen LogP) is 2.95. The molecular weight excluding hydrogens is 364 g/mol. The van der Waals surface area contributed by atoms with E-state index < -0.39 is 5.54 Å². The van der Waals surface area contributed by atoms with Crippen LogP contribution in [0.15, 0.2) is 4.52 Å². The fourth-order valence-corrected chi connectivity index (χ4v) is 4.12. The summed E-state index contributed by atoms with van der Waals surface area (Å²) >= 11 is 1.88. The van der Waals surface area contributed by atoms with Crippen molar-refractivity contribution in [3.8, 4) is 0 Å². The zero-order valence-corrected chi connectivity index (χ0v) is 17.3. The van der Waals surface area contributed by atoms with E-state index >= 15 is 0 Å². The zero-order chi connectivity index (χ0) is 19.5. The Balaban J connectivity index is 1.88. The normalized spacial score (nSPS) is 16.5. The van der Waals surface area contributed by atoms with Crippen LogP contribution in [0.25, 0.3) is 0 Å². The molecule has 0 aliphatic heterocycles. The van der Waals surface area contributed by atoms with E-state index in [2.05, 4.69) is 27.7 Å². The molecule has 0 bridgehead atoms. The van der Waals surface area contributed by atoms with Crippen molar-refractivity contribution in [2.45, 2.75) is 77.2 Å². The largest absolute Gasteiger partial charge is 0.356 e. The third-order valence-electron chi connectivity index (χ3n) is 4.83. The molecule has 7 nitrogen and oxygen atoms in total. The maximum Gasteiger partial charge on any atom is 0.227 e. The van der Waals surface area contributed by atoms with Gasteiger partial charge in [0.25, 0.3) is 0 Å². The molecule has 2 amide bonds. The van der Waals surface area contributed by atoms with Crippen LogP contribution in [0.2, 0.25) is 0 Å². The molecule has 27 heavy (non-hydrogen) atoms. The second-order valence-electron chi connectivity index (χ2n) is 7.09. The van der Waals surface area contributed by atoms with Gasteiger partial charge in [-0.15, -0.1) is 0 Å². The van der Waals surface area contributed by atoms with Crippen molar-refractivity contribution in [1.82, 2.24) is 20.8 Å². The number of aryl methyl sites for hydroxylation is 1. The quantitative estimate of drug-likeness (QED) is 0.466. The average Bonchev–Trinajstić information content (AvgIpc) is 3.00. The summed E-state index contributed by atoms with van der Waals surface area (Å²) in [6.45, 7) is 4.36. The minimum absolute atomic E-state index is 0.00212. The highest BCUT2D eigenvalue weighted by atomic mass is 32.2. The number of hydrogen-bond donors (Lipinski definition) is 2. The monoisotopic (exact) mass is 396 g/mol. The minimum atomic E-state index is -0.538. The molecule has 2 N–H and O–H groups in total. The Morgan fingerprint density at radius 3 is 2.63 bits per heavy atom. The van der Waals surface area contributed by atoms with Crippen LogP contribution < -0.4 is 10.6 Å². The molecule has 1 aliphatic rings. The number of amides is 2. The number of hydrogen-bond acceptors (Lipinski definition) is 6. The summed E-state index contributed by atoms with van der Waals surface area (Å²) in [6, 6.07) is 0. The Kier molecular flexibility index (Phi) is 9.10. The maximum absolute atomic E-state index is 11.9. The van der Waals surface area contributed by atoms with E-state index in [4.69, 9.17) is 4.52 Å². The molecule has 0 radical (unpaired) electrons. The van der Waals surface area contributed by atoms with Gasteiger partial charge in [0.2, 0.25) is 17.7 Å². The van der Waals surface area contributed by atoms with Crippen molar-refractivity contribution < 1.29 is 14.1 Å². The number of nitrogens with zero attached hydrogens (tertiary/aromatic N) is 2. The zero-order valence-electron chi connectivity index (χ0n) is 16.5. The molecule has 1 aliphatic carbocycles. The Bertz CT molecular complexity index is 598. The predicted molar refractivity (Wildman–Crippen MR) is 106 cm³/mol. The second kappa shape index (κ2) is 11.3. The van der Waals surface area contributed by atoms with E-state index in [1.54, 1.807) is 0 Å². The first kappa shape index (κ1) is 21.7. The smallest absolute Gasteiger partial charge is 0.227 e. The fraction of sp³-hybridized carbons (Fsp3) is 0.789. The summed E-state index contributed by atoms with van der Waals surface area (Å²) in [5.41, 5.74) is -0.538. The van der Waals surface area contributed by atoms with Gasteiger partial charge in [0, 0.05) is 26.3 Å². The third-order valence-corrected chi connectivity index (χ3v) is 5.81. The van der Waals surface area contributed by atoms with Crippen molar-refractivity contribution >= 4 is 23.6 Å². The first-order valence-electron chi connectivity index (χ1n) is 10.0. The summed E-state index contributed by atoms with van der Waals surface area (Å²) in [6.07, 6.45) is 7.74. The van der Waals surface area contributed by atoms with Crippen molar-refractivity contribution in [3.63, 3.8) is 0 Å². The molecule has 0 atom stereocenters. The first-order chi connectivity index (χ1) is 13.1. The Morgan fingerprint density at radius 2 is 1.96 bits per heavy atom. The van der Waals surface area contributed by atoms with Crippen molar-refractivity contribution in [3.05, 3.63) is 11.7 Å². The molecule has 0 saturated heterocycles. The van der Waals surface area contributed by atoms with Crippen LogP contribution in [0.3, 0.4) is 0 Å². The van der Waals surface area contributed by atoms with Gasteiger partial charge in [0.05, 0.1) is 0 Å². The third kappa shape index (κ3) is 7.16. The molecule has 8 heteroatoms. The second-order valence-corrected chi connectivity index (χ2v) is 8.48. The maximum atomic E-state index is 11.9. The van der Waals surface area contributed by atoms with Crippen LogP contribution >= 0.6 is 11.8 Å². The number of carbonyl (C=O) groups is 2. The molecule has 1 saturated carbocycles. The van der Waals surface area contributed by atoms with E-state index in [1.165, 1.54) is 6.92 Å². The Hall–Kier alpha value is -1.57. The Morgan fingerprint density at radius 1 is 1.22 bits per heavy atom. The topological polar surface area (TPSA) is 97.1 Å². The minimum Gasteiger partial charge on any atom is -0.356 e. The van der Waals surface area contributed by atoms with Crippen LogP contribution in [0.4, 0.5) is 0 Å². The van der Waals surface area contributed by atoms with Crippen LogP contribution in [0.5, 0.6) is 0 Å². The highest BCUT2D eigenvalue weighted by molar-refractivity contribution is 7.99. The SMILES string of the molecule is CCSCCCNC(=O)CCc1nc(C2(NC(C)=O)CCCCCC2)no1. The summed E-state index contributed by atoms with van der Waals surface area (Å²) in [7, 11) is 0. The van der Waals surface area contributed by atoms with Gasteiger partial charge in [0.15, 0.2) is 5.82 Å². The lowest BCUT2D eigenvalue weighted by Gasteiger charge is -2.30. The molecule has 1 aromatic rings. The number of rotatable bonds is 10. The number of thioether (sulfide) groups is 1. The fourth-order valence-electron chi connectivity index (χ4n) is 3.48. The number of nitrogens with one attached hydrogen (secondary N) is 2. The molecule has 0 aromatic carbocycles. The molecule has 1 heterocycles. The van der Waals surface area contributed by atoms with E-state index in [0.29, 0.717) is 31.1 Å². The lowest BCUT2D eigenvalue weighted by molar-refractivity contribution is -0.122. The van der Waals surface area contributed by atoms with Gasteiger partial charge in [-0.05, 0) is 30.8 Å². The summed E-state index contributed by atoms with van der Waals surface area (Å²) in [4.78, 5) is 28.2. The number of carbonyl (C=O) groups excluding carboxylic acids is 2. The Labute approximate surface area is 165 Å². The molecule has 2 rings (SSSR count). The van der Waals surface area contributed by atoms with Gasteiger partial charge < -0.3 is 15.2 Å². The van der Waals surface area contributed by atoms with Gasteiger partial charge in [-0.1, -0.05) is 37.8 Å². The number of aromatic nitrogens is 2. The van der Waals surface area contributed by atoms with Crippen molar-refractivity contribution in [1.29, 1.82) is 0 Å². The van der Waals surface area contributed by atoms with Crippen LogP contribution in [-0.4, -0.2) is 40.0 Å². The summed E-state index contributed by atoms with van der Waals surface area (Å²) < 4.78 is 5.38. The lowest BCUT2D eigenvalue weighted by atomic mass is 9.89. The van der Waals surface area contributed by atoms with E-state index in [-0.39, 0.29) is 11.8 Å². The van der Waals surface area contributed by atoms with Crippen LogP contribution in [0.1, 0.15) is 76.9 Å². The van der Waals surface area contributed by atoms with Gasteiger partial charge in [-0.3, -0.25) is 9.59 Å². The highest BCUT2D eigenvalue weighted by Crippen LogP contribution is 2.34. The molecule has 1 fully saturated rings. The molecule has 0 spiro atoms. The van der Waals surface area contributed by atoms with Crippen molar-refractivity contribution in [2.75, 3.05) is 18.1 Å². The summed E-state index contributed by atoms with van der Waals surface area (Å²) in [5.74, 6) is 3.09. The van der Waals surface area contributed by atoms with E-state index in [0.717, 1.165) is 56.5 Å². The van der Waals surface area contributed by atoms with Crippen molar-refractivity contribution in [2.24, 2.45) is 0 Å². The highest BCUT2D eigenvalue weighted by Gasteiger charge is 2.38. The van der Waals surface area contributed by atoms with Crippen LogP contribution in [-0.2, 0) is 21.5 Å². The molecular formula is C19H32N4O3S. The summed E-state index contributed by atoms with van der Waals surface area (Å²) in [5, 5.41) is 10.1. The van der Waals surface area contributed by atoms with Gasteiger partial charge >= 0.3 is 0 Å². The standard InChI is InChI=1S/C19H32N4O3S/c1-3-27-14-8-13-20-16(25)9-10-17-21-18(23-26-17)19(22-15(2)24)11-6-4-5-7-12-19/h3-14H2,1-2H3,(H,20,25)(H,22,24). The van der Waals surface area contributed by atoms with E-state index in [1.807, 2.05) is 11.8 Å². The van der Waals surface area contributed by atoms with Crippen LogP contribution in [0, 0.1) is 0 Å². The average molecular weight is 397 g/mol. The van der Waals surface area contributed by atoms with Gasteiger partial charge in [-0.2, -0.15) is 16.7 Å². The first-order valence-corrected chi connectivity index (χ1v) is 11.2. The van der Waals surface area contributed by atoms with Gasteiger partial charge in [0.1, 0.15) is 5.54 Å².